The van der Waals surface area contributed by atoms with Crippen LogP contribution >= 0.6 is 0 Å². The molecule has 0 heterocycles. The first kappa shape index (κ1) is 33.0. The number of allylic oxidation sites excluding steroid dienone is 10. The number of rotatable bonds is 7. The van der Waals surface area contributed by atoms with E-state index >= 15 is 0 Å². The molecular formula is C46H43N3. The Morgan fingerprint density at radius 3 is 2.53 bits per heavy atom. The van der Waals surface area contributed by atoms with Crippen molar-refractivity contribution in [3.63, 3.8) is 0 Å². The highest BCUT2D eigenvalue weighted by molar-refractivity contribution is 6.05. The van der Waals surface area contributed by atoms with Gasteiger partial charge in [-0.05, 0) is 123 Å². The van der Waals surface area contributed by atoms with E-state index in [9.17, 15) is 0 Å². The summed E-state index contributed by atoms with van der Waals surface area (Å²) in [5.74, 6) is 0. The second kappa shape index (κ2) is 14.9. The molecule has 49 heavy (non-hydrogen) atoms. The average Bonchev–Trinajstić information content (AvgIpc) is 3.17. The molecule has 0 atom stereocenters. The summed E-state index contributed by atoms with van der Waals surface area (Å²) in [7, 11) is 2.01. The van der Waals surface area contributed by atoms with Gasteiger partial charge in [-0.25, -0.2) is 0 Å². The minimum atomic E-state index is 0.540. The molecule has 2 N–H and O–H groups in total. The lowest BCUT2D eigenvalue weighted by Gasteiger charge is -2.21. The number of anilines is 1. The smallest absolute Gasteiger partial charge is 0.0586 e. The fourth-order valence-electron chi connectivity index (χ4n) is 6.93. The Hall–Kier alpha value is -5.93. The van der Waals surface area contributed by atoms with Gasteiger partial charge in [0.25, 0.3) is 0 Å². The van der Waals surface area contributed by atoms with Crippen LogP contribution in [0.5, 0.6) is 0 Å². The van der Waals surface area contributed by atoms with Crippen molar-refractivity contribution in [1.82, 2.24) is 5.43 Å². The standard InChI is InChI=1S/C46H43N3/c1-7-25-48-49-30-37-29-43(35-21-23-40-31(4)17-13-11-10-12-14-18-33(40)27-35)46(47-6)44-26-32(5)38(8-2)45-36(22-24-42(37)44)28-34-19-15-16-20-41(34)39(45)9-3/h7-11,13-29,47,49H,1,3-4,12,30H2,2,5-6H3/b11-10-,17-13-,18-14-,24-22+,32-26+,38-8-,48-25-. The summed E-state index contributed by atoms with van der Waals surface area (Å²) in [6.07, 6.45) is 28.1. The summed E-state index contributed by atoms with van der Waals surface area (Å²) in [4.78, 5) is 0. The van der Waals surface area contributed by atoms with Crippen molar-refractivity contribution in [3.05, 3.63) is 167 Å². The summed E-state index contributed by atoms with van der Waals surface area (Å²) in [5, 5.41) is 10.4. The normalized spacial score (nSPS) is 18.5. The van der Waals surface area contributed by atoms with Crippen molar-refractivity contribution in [1.29, 1.82) is 0 Å². The molecule has 0 spiro atoms. The van der Waals surface area contributed by atoms with Gasteiger partial charge in [0.1, 0.15) is 0 Å². The molecule has 3 nitrogen and oxygen atoms in total. The van der Waals surface area contributed by atoms with Crippen LogP contribution in [-0.2, 0) is 6.54 Å². The van der Waals surface area contributed by atoms with Gasteiger partial charge in [0.15, 0.2) is 0 Å². The molecule has 0 aliphatic heterocycles. The van der Waals surface area contributed by atoms with Crippen molar-refractivity contribution >= 4 is 64.2 Å². The van der Waals surface area contributed by atoms with Gasteiger partial charge in [-0.1, -0.05) is 117 Å². The van der Waals surface area contributed by atoms with E-state index < -0.39 is 0 Å². The van der Waals surface area contributed by atoms with Crippen molar-refractivity contribution in [3.8, 4) is 11.1 Å². The molecule has 4 aromatic rings. The van der Waals surface area contributed by atoms with Crippen LogP contribution in [0.25, 0.3) is 63.4 Å². The van der Waals surface area contributed by atoms with Gasteiger partial charge < -0.3 is 10.7 Å². The Balaban J connectivity index is 1.63. The predicted octanol–water partition coefficient (Wildman–Crippen LogP) is 12.0. The van der Waals surface area contributed by atoms with Gasteiger partial charge in [-0.2, -0.15) is 5.10 Å². The quantitative estimate of drug-likeness (QED) is 0.156. The summed E-state index contributed by atoms with van der Waals surface area (Å²) in [5.41, 5.74) is 19.1. The molecule has 0 radical (unpaired) electrons. The summed E-state index contributed by atoms with van der Waals surface area (Å²) in [6, 6.07) is 19.8. The Morgan fingerprint density at radius 1 is 0.878 bits per heavy atom. The number of hydrazone groups is 1. The highest BCUT2D eigenvalue weighted by atomic mass is 15.3. The zero-order chi connectivity index (χ0) is 34.3. The van der Waals surface area contributed by atoms with Gasteiger partial charge in [0.2, 0.25) is 0 Å². The maximum absolute atomic E-state index is 4.38. The van der Waals surface area contributed by atoms with Crippen LogP contribution in [0.3, 0.4) is 0 Å². The SMILES string of the molecule is C=C/C=N\NCc1cc(-c2ccc3c(c2)/C=C\C/C=C\C=C/C3=C)c(NC)c2c1/C=C/c1cc3ccccc3c(C=C)c1C(=C\C)/C(C)=C/2. The topological polar surface area (TPSA) is 36.4 Å². The number of benzene rings is 4. The molecule has 0 saturated carbocycles. The molecule has 4 aromatic carbocycles. The minimum Gasteiger partial charge on any atom is -0.387 e. The van der Waals surface area contributed by atoms with E-state index in [0.717, 1.165) is 67.8 Å². The Morgan fingerprint density at radius 2 is 1.73 bits per heavy atom. The van der Waals surface area contributed by atoms with Crippen molar-refractivity contribution in [2.75, 3.05) is 12.4 Å². The molecular weight excluding hydrogens is 595 g/mol. The zero-order valence-electron chi connectivity index (χ0n) is 28.7. The number of nitrogens with one attached hydrogen (secondary N) is 2. The van der Waals surface area contributed by atoms with Crippen LogP contribution in [0.4, 0.5) is 5.69 Å². The fraction of sp³-hybridized carbons (Fsp3) is 0.109. The Bertz CT molecular complexity index is 2190. The number of hydrogen-bond acceptors (Lipinski definition) is 3. The lowest BCUT2D eigenvalue weighted by Crippen LogP contribution is -2.09. The molecule has 3 heteroatoms. The van der Waals surface area contributed by atoms with Crippen molar-refractivity contribution < 1.29 is 0 Å². The third-order valence-corrected chi connectivity index (χ3v) is 9.20. The molecule has 6 rings (SSSR count). The van der Waals surface area contributed by atoms with Crippen molar-refractivity contribution in [2.24, 2.45) is 5.10 Å². The third-order valence-electron chi connectivity index (χ3n) is 9.20. The van der Waals surface area contributed by atoms with E-state index in [-0.39, 0.29) is 0 Å². The number of nitrogens with zero attached hydrogens (tertiary/aromatic N) is 1. The van der Waals surface area contributed by atoms with Crippen LogP contribution in [0.2, 0.25) is 0 Å². The minimum absolute atomic E-state index is 0.540. The van der Waals surface area contributed by atoms with Gasteiger partial charge in [-0.15, -0.1) is 0 Å². The van der Waals surface area contributed by atoms with Gasteiger partial charge >= 0.3 is 0 Å². The van der Waals surface area contributed by atoms with E-state index in [1.54, 1.807) is 12.3 Å². The second-order valence-electron chi connectivity index (χ2n) is 12.2. The largest absolute Gasteiger partial charge is 0.387 e. The lowest BCUT2D eigenvalue weighted by molar-refractivity contribution is 0.747. The van der Waals surface area contributed by atoms with Crippen LogP contribution in [0.1, 0.15) is 64.8 Å². The Kier molecular flexibility index (Phi) is 10.0. The highest BCUT2D eigenvalue weighted by Gasteiger charge is 2.21. The van der Waals surface area contributed by atoms with Gasteiger partial charge in [0.05, 0.1) is 6.54 Å². The molecule has 0 bridgehead atoms. The molecule has 0 fully saturated rings. The summed E-state index contributed by atoms with van der Waals surface area (Å²) < 4.78 is 0. The number of hydrogen-bond donors (Lipinski definition) is 2. The first-order chi connectivity index (χ1) is 24.0. The highest BCUT2D eigenvalue weighted by Crippen LogP contribution is 2.43. The maximum atomic E-state index is 4.38. The van der Waals surface area contributed by atoms with Gasteiger partial charge in [0, 0.05) is 30.1 Å². The second-order valence-corrected chi connectivity index (χ2v) is 12.2. The number of fused-ring (bicyclic) bond motifs is 4. The van der Waals surface area contributed by atoms with Crippen LogP contribution in [0.15, 0.2) is 128 Å². The molecule has 2 aliphatic rings. The first-order valence-corrected chi connectivity index (χ1v) is 16.8. The van der Waals surface area contributed by atoms with E-state index in [2.05, 4.69) is 165 Å². The van der Waals surface area contributed by atoms with Crippen LogP contribution < -0.4 is 10.7 Å². The van der Waals surface area contributed by atoms with E-state index in [1.165, 1.54) is 27.5 Å². The molecule has 2 aliphatic carbocycles. The average molecular weight is 638 g/mol. The molecule has 0 saturated heterocycles. The van der Waals surface area contributed by atoms with Crippen molar-refractivity contribution in [2.45, 2.75) is 26.8 Å². The first-order valence-electron chi connectivity index (χ1n) is 16.8. The lowest BCUT2D eigenvalue weighted by atomic mass is 9.86. The van der Waals surface area contributed by atoms with Crippen LogP contribution in [0, 0.1) is 0 Å². The Labute approximate surface area is 291 Å². The van der Waals surface area contributed by atoms with E-state index in [4.69, 9.17) is 0 Å². The molecule has 0 amide bonds. The summed E-state index contributed by atoms with van der Waals surface area (Å²) in [6.45, 7) is 17.3. The summed E-state index contributed by atoms with van der Waals surface area (Å²) >= 11 is 0. The third kappa shape index (κ3) is 6.61. The van der Waals surface area contributed by atoms with E-state index in [1.807, 2.05) is 13.1 Å². The molecule has 0 unspecified atom stereocenters. The van der Waals surface area contributed by atoms with Crippen LogP contribution in [-0.4, -0.2) is 13.3 Å². The monoisotopic (exact) mass is 637 g/mol. The maximum Gasteiger partial charge on any atom is 0.0586 e. The fourth-order valence-corrected chi connectivity index (χ4v) is 6.93. The molecule has 242 valence electrons. The van der Waals surface area contributed by atoms with Gasteiger partial charge in [-0.3, -0.25) is 0 Å². The van der Waals surface area contributed by atoms with E-state index in [0.29, 0.717) is 6.54 Å². The predicted molar refractivity (Wildman–Crippen MR) is 218 cm³/mol. The molecule has 0 aromatic heterocycles. The zero-order valence-corrected chi connectivity index (χ0v) is 28.7.